The molecule has 2 unspecified atom stereocenters. The van der Waals surface area contributed by atoms with Gasteiger partial charge in [-0.3, -0.25) is 0 Å². The number of hydrogen-bond donors (Lipinski definition) is 3. The lowest BCUT2D eigenvalue weighted by atomic mass is 9.97. The van der Waals surface area contributed by atoms with Crippen LogP contribution in [0.4, 0.5) is 0 Å². The molecule has 0 radical (unpaired) electrons. The molecule has 0 aliphatic heterocycles. The van der Waals surface area contributed by atoms with E-state index in [-0.39, 0.29) is 0 Å². The number of aliphatic hydroxyl groups is 2. The normalized spacial score (nSPS) is 15.0. The molecule has 0 amide bonds. The molecule has 1 heterocycles. The second-order valence-electron chi connectivity index (χ2n) is 5.67. The largest absolute Gasteiger partial charge is 0.390 e. The molecular formula is C16H23NO2. The maximum Gasteiger partial charge on any atom is 0.0840 e. The molecule has 2 atom stereocenters. The van der Waals surface area contributed by atoms with Gasteiger partial charge in [-0.25, -0.2) is 0 Å². The number of benzene rings is 1. The van der Waals surface area contributed by atoms with E-state index in [0.717, 1.165) is 22.9 Å². The lowest BCUT2D eigenvalue weighted by Crippen LogP contribution is -2.28. The zero-order chi connectivity index (χ0) is 13.8. The second-order valence-corrected chi connectivity index (χ2v) is 5.67. The first kappa shape index (κ1) is 14.1. The minimum Gasteiger partial charge on any atom is -0.390 e. The number of aromatic nitrogens is 1. The van der Waals surface area contributed by atoms with Crippen molar-refractivity contribution in [1.82, 2.24) is 4.98 Å². The van der Waals surface area contributed by atoms with Gasteiger partial charge in [0, 0.05) is 23.5 Å². The van der Waals surface area contributed by atoms with Crippen LogP contribution >= 0.6 is 0 Å². The predicted octanol–water partition coefficient (Wildman–Crippen LogP) is 2.87. The van der Waals surface area contributed by atoms with E-state index in [9.17, 15) is 10.2 Å². The molecule has 0 aliphatic rings. The standard InChI is InChI=1S/C16H23NO2/c1-11(2)7-8-15(18)16(19)9-12-10-17-14-6-4-3-5-13(12)14/h3-6,10-11,15-19H,7-9H2,1-2H3. The third kappa shape index (κ3) is 3.58. The van der Waals surface area contributed by atoms with E-state index in [0.29, 0.717) is 18.8 Å². The Morgan fingerprint density at radius 2 is 1.79 bits per heavy atom. The number of H-pyrrole nitrogens is 1. The molecule has 2 aromatic rings. The van der Waals surface area contributed by atoms with Gasteiger partial charge in [0.2, 0.25) is 0 Å². The number of fused-ring (bicyclic) bond motifs is 1. The highest BCUT2D eigenvalue weighted by Gasteiger charge is 2.18. The summed E-state index contributed by atoms with van der Waals surface area (Å²) in [6.45, 7) is 4.25. The molecule has 0 saturated carbocycles. The van der Waals surface area contributed by atoms with E-state index in [2.05, 4.69) is 18.8 Å². The quantitative estimate of drug-likeness (QED) is 0.749. The van der Waals surface area contributed by atoms with Gasteiger partial charge >= 0.3 is 0 Å². The van der Waals surface area contributed by atoms with Gasteiger partial charge < -0.3 is 15.2 Å². The van der Waals surface area contributed by atoms with Gasteiger partial charge in [0.25, 0.3) is 0 Å². The Morgan fingerprint density at radius 3 is 2.53 bits per heavy atom. The summed E-state index contributed by atoms with van der Waals surface area (Å²) >= 11 is 0. The minimum atomic E-state index is -0.696. The van der Waals surface area contributed by atoms with Crippen molar-refractivity contribution in [2.75, 3.05) is 0 Å². The lowest BCUT2D eigenvalue weighted by Gasteiger charge is -2.18. The van der Waals surface area contributed by atoms with Crippen LogP contribution in [0, 0.1) is 5.92 Å². The Morgan fingerprint density at radius 1 is 1.05 bits per heavy atom. The highest BCUT2D eigenvalue weighted by Crippen LogP contribution is 2.20. The fraction of sp³-hybridized carbons (Fsp3) is 0.500. The van der Waals surface area contributed by atoms with E-state index >= 15 is 0 Å². The third-order valence-corrected chi connectivity index (χ3v) is 3.59. The molecule has 0 bridgehead atoms. The van der Waals surface area contributed by atoms with Crippen LogP contribution in [-0.4, -0.2) is 27.4 Å². The molecule has 1 aromatic heterocycles. The van der Waals surface area contributed by atoms with Gasteiger partial charge in [0.1, 0.15) is 0 Å². The van der Waals surface area contributed by atoms with Crippen LogP contribution in [0.2, 0.25) is 0 Å². The molecule has 0 saturated heterocycles. The monoisotopic (exact) mass is 261 g/mol. The number of nitrogens with one attached hydrogen (secondary N) is 1. The van der Waals surface area contributed by atoms with Crippen LogP contribution in [0.1, 0.15) is 32.3 Å². The van der Waals surface area contributed by atoms with Crippen molar-refractivity contribution in [3.63, 3.8) is 0 Å². The highest BCUT2D eigenvalue weighted by molar-refractivity contribution is 5.83. The molecule has 19 heavy (non-hydrogen) atoms. The Labute approximate surface area is 114 Å². The van der Waals surface area contributed by atoms with Crippen LogP contribution in [0.3, 0.4) is 0 Å². The zero-order valence-electron chi connectivity index (χ0n) is 11.6. The summed E-state index contributed by atoms with van der Waals surface area (Å²) in [6, 6.07) is 8.02. The minimum absolute atomic E-state index is 0.489. The summed E-state index contributed by atoms with van der Waals surface area (Å²) in [7, 11) is 0. The van der Waals surface area contributed by atoms with Gasteiger partial charge in [-0.15, -0.1) is 0 Å². The molecule has 2 rings (SSSR count). The fourth-order valence-electron chi connectivity index (χ4n) is 2.36. The number of para-hydroxylation sites is 1. The Balaban J connectivity index is 2.00. The second kappa shape index (κ2) is 6.22. The van der Waals surface area contributed by atoms with Gasteiger partial charge in [0.15, 0.2) is 0 Å². The summed E-state index contributed by atoms with van der Waals surface area (Å²) in [6.07, 6.45) is 2.66. The summed E-state index contributed by atoms with van der Waals surface area (Å²) in [5.74, 6) is 0.551. The summed E-state index contributed by atoms with van der Waals surface area (Å²) in [5.41, 5.74) is 2.13. The number of aromatic amines is 1. The van der Waals surface area contributed by atoms with E-state index in [4.69, 9.17) is 0 Å². The Bertz CT molecular complexity index is 518. The van der Waals surface area contributed by atoms with Crippen molar-refractivity contribution in [2.45, 2.75) is 45.3 Å². The van der Waals surface area contributed by atoms with E-state index in [1.807, 2.05) is 30.5 Å². The maximum atomic E-state index is 10.1. The van der Waals surface area contributed by atoms with Gasteiger partial charge in [-0.2, -0.15) is 0 Å². The topological polar surface area (TPSA) is 56.2 Å². The zero-order valence-corrected chi connectivity index (χ0v) is 11.6. The first-order chi connectivity index (χ1) is 9.08. The van der Waals surface area contributed by atoms with Crippen molar-refractivity contribution >= 4 is 10.9 Å². The van der Waals surface area contributed by atoms with Crippen molar-refractivity contribution < 1.29 is 10.2 Å². The van der Waals surface area contributed by atoms with Gasteiger partial charge in [-0.1, -0.05) is 32.0 Å². The van der Waals surface area contributed by atoms with Crippen molar-refractivity contribution in [2.24, 2.45) is 5.92 Å². The maximum absolute atomic E-state index is 10.1. The molecule has 104 valence electrons. The molecular weight excluding hydrogens is 238 g/mol. The smallest absolute Gasteiger partial charge is 0.0840 e. The first-order valence-electron chi connectivity index (χ1n) is 6.99. The molecule has 3 N–H and O–H groups in total. The molecule has 0 aliphatic carbocycles. The fourth-order valence-corrected chi connectivity index (χ4v) is 2.36. The van der Waals surface area contributed by atoms with E-state index in [1.54, 1.807) is 0 Å². The third-order valence-electron chi connectivity index (χ3n) is 3.59. The molecule has 3 heteroatoms. The van der Waals surface area contributed by atoms with Crippen LogP contribution in [0.15, 0.2) is 30.5 Å². The van der Waals surface area contributed by atoms with Crippen LogP contribution < -0.4 is 0 Å². The number of aliphatic hydroxyl groups excluding tert-OH is 2. The molecule has 0 fully saturated rings. The molecule has 1 aromatic carbocycles. The SMILES string of the molecule is CC(C)CCC(O)C(O)Cc1c[nH]c2ccccc12. The van der Waals surface area contributed by atoms with Crippen molar-refractivity contribution in [3.05, 3.63) is 36.0 Å². The molecule has 3 nitrogen and oxygen atoms in total. The Kier molecular flexibility index (Phi) is 4.61. The number of rotatable bonds is 6. The lowest BCUT2D eigenvalue weighted by molar-refractivity contribution is 0.0125. The predicted molar refractivity (Wildman–Crippen MR) is 78.1 cm³/mol. The van der Waals surface area contributed by atoms with E-state index in [1.165, 1.54) is 0 Å². The Hall–Kier alpha value is -1.32. The van der Waals surface area contributed by atoms with Crippen molar-refractivity contribution in [3.8, 4) is 0 Å². The number of hydrogen-bond acceptors (Lipinski definition) is 2. The van der Waals surface area contributed by atoms with Crippen LogP contribution in [-0.2, 0) is 6.42 Å². The van der Waals surface area contributed by atoms with E-state index < -0.39 is 12.2 Å². The first-order valence-corrected chi connectivity index (χ1v) is 6.99. The van der Waals surface area contributed by atoms with Gasteiger partial charge in [-0.05, 0) is 30.4 Å². The van der Waals surface area contributed by atoms with Gasteiger partial charge in [0.05, 0.1) is 12.2 Å². The van der Waals surface area contributed by atoms with Crippen molar-refractivity contribution in [1.29, 1.82) is 0 Å². The summed E-state index contributed by atoms with van der Waals surface area (Å²) < 4.78 is 0. The highest BCUT2D eigenvalue weighted by atomic mass is 16.3. The molecule has 0 spiro atoms. The average Bonchev–Trinajstić information content (AvgIpc) is 2.79. The van der Waals surface area contributed by atoms with Crippen LogP contribution in [0.25, 0.3) is 10.9 Å². The van der Waals surface area contributed by atoms with Crippen LogP contribution in [0.5, 0.6) is 0 Å². The summed E-state index contributed by atoms with van der Waals surface area (Å²) in [5, 5.41) is 21.2. The summed E-state index contributed by atoms with van der Waals surface area (Å²) in [4.78, 5) is 3.19. The average molecular weight is 261 g/mol.